The number of halogens is 1. The van der Waals surface area contributed by atoms with Gasteiger partial charge in [-0.2, -0.15) is 0 Å². The summed E-state index contributed by atoms with van der Waals surface area (Å²) >= 11 is 1.56. The minimum absolute atomic E-state index is 0.226. The molecule has 0 fully saturated rings. The molecule has 0 aliphatic rings. The van der Waals surface area contributed by atoms with E-state index in [1.807, 2.05) is 24.3 Å². The van der Waals surface area contributed by atoms with Crippen LogP contribution >= 0.6 is 11.8 Å². The molecular formula is C17H15FO2S. The average molecular weight is 302 g/mol. The van der Waals surface area contributed by atoms with E-state index in [-0.39, 0.29) is 12.4 Å². The second kappa shape index (κ2) is 7.72. The van der Waals surface area contributed by atoms with Crippen molar-refractivity contribution in [1.82, 2.24) is 0 Å². The minimum atomic E-state index is -0.277. The van der Waals surface area contributed by atoms with Gasteiger partial charge in [0.2, 0.25) is 0 Å². The largest absolute Gasteiger partial charge is 0.497 e. The summed E-state index contributed by atoms with van der Waals surface area (Å²) in [6, 6.07) is 12.5. The average Bonchev–Trinajstić information content (AvgIpc) is 2.52. The van der Waals surface area contributed by atoms with Crippen molar-refractivity contribution < 1.29 is 14.2 Å². The van der Waals surface area contributed by atoms with Crippen LogP contribution < -0.4 is 4.74 Å². The molecule has 0 aliphatic carbocycles. The van der Waals surface area contributed by atoms with Gasteiger partial charge in [-0.1, -0.05) is 17.9 Å². The Morgan fingerprint density at radius 2 is 1.95 bits per heavy atom. The number of aliphatic hydroxyl groups excluding tert-OH is 1. The van der Waals surface area contributed by atoms with E-state index in [9.17, 15) is 4.39 Å². The van der Waals surface area contributed by atoms with Crippen molar-refractivity contribution in [3.8, 4) is 17.6 Å². The zero-order chi connectivity index (χ0) is 15.1. The van der Waals surface area contributed by atoms with Gasteiger partial charge < -0.3 is 9.84 Å². The van der Waals surface area contributed by atoms with Crippen LogP contribution in [-0.4, -0.2) is 18.8 Å². The van der Waals surface area contributed by atoms with Crippen LogP contribution in [0.2, 0.25) is 0 Å². The highest BCUT2D eigenvalue weighted by molar-refractivity contribution is 7.98. The van der Waals surface area contributed by atoms with Gasteiger partial charge in [0.25, 0.3) is 0 Å². The van der Waals surface area contributed by atoms with E-state index >= 15 is 0 Å². The van der Waals surface area contributed by atoms with E-state index in [1.165, 1.54) is 6.07 Å². The Balaban J connectivity index is 2.02. The summed E-state index contributed by atoms with van der Waals surface area (Å²) in [5.41, 5.74) is 1.20. The molecule has 0 aromatic heterocycles. The number of methoxy groups -OCH3 is 1. The first-order chi connectivity index (χ1) is 10.2. The van der Waals surface area contributed by atoms with Crippen molar-refractivity contribution in [2.75, 3.05) is 13.7 Å². The van der Waals surface area contributed by atoms with Gasteiger partial charge in [-0.05, 0) is 42.0 Å². The second-order valence-electron chi connectivity index (χ2n) is 4.23. The van der Waals surface area contributed by atoms with Crippen LogP contribution in [0.15, 0.2) is 47.4 Å². The third-order valence-electron chi connectivity index (χ3n) is 2.82. The van der Waals surface area contributed by atoms with Crippen LogP contribution in [-0.2, 0) is 5.75 Å². The maximum atomic E-state index is 13.9. The molecule has 2 rings (SSSR count). The highest BCUT2D eigenvalue weighted by Gasteiger charge is 2.04. The molecule has 0 saturated heterocycles. The maximum absolute atomic E-state index is 13.9. The van der Waals surface area contributed by atoms with Crippen molar-refractivity contribution >= 4 is 11.8 Å². The van der Waals surface area contributed by atoms with Crippen LogP contribution in [0, 0.1) is 17.7 Å². The zero-order valence-electron chi connectivity index (χ0n) is 11.6. The first-order valence-corrected chi connectivity index (χ1v) is 7.36. The molecule has 0 radical (unpaired) electrons. The quantitative estimate of drug-likeness (QED) is 0.693. The van der Waals surface area contributed by atoms with Gasteiger partial charge in [-0.25, -0.2) is 4.39 Å². The molecule has 2 aromatic carbocycles. The zero-order valence-corrected chi connectivity index (χ0v) is 12.4. The van der Waals surface area contributed by atoms with Crippen LogP contribution in [0.25, 0.3) is 0 Å². The lowest BCUT2D eigenvalue weighted by Gasteiger charge is -2.05. The topological polar surface area (TPSA) is 29.5 Å². The molecule has 0 bridgehead atoms. The lowest BCUT2D eigenvalue weighted by atomic mass is 10.1. The second-order valence-corrected chi connectivity index (χ2v) is 5.28. The Bertz CT molecular complexity index is 657. The lowest BCUT2D eigenvalue weighted by Crippen LogP contribution is -1.89. The van der Waals surface area contributed by atoms with Gasteiger partial charge in [-0.15, -0.1) is 11.8 Å². The van der Waals surface area contributed by atoms with E-state index in [0.29, 0.717) is 16.9 Å². The Kier molecular flexibility index (Phi) is 5.68. The number of aliphatic hydroxyl groups is 1. The van der Waals surface area contributed by atoms with Crippen molar-refractivity contribution in [2.24, 2.45) is 0 Å². The monoisotopic (exact) mass is 302 g/mol. The van der Waals surface area contributed by atoms with Crippen LogP contribution in [0.4, 0.5) is 4.39 Å². The first kappa shape index (κ1) is 15.4. The van der Waals surface area contributed by atoms with Crippen molar-refractivity contribution in [3.63, 3.8) is 0 Å². The summed E-state index contributed by atoms with van der Waals surface area (Å²) in [6.45, 7) is -0.226. The summed E-state index contributed by atoms with van der Waals surface area (Å²) < 4.78 is 19.0. The fourth-order valence-corrected chi connectivity index (χ4v) is 2.60. The summed E-state index contributed by atoms with van der Waals surface area (Å²) in [5, 5.41) is 8.62. The third kappa shape index (κ3) is 4.52. The summed E-state index contributed by atoms with van der Waals surface area (Å²) in [5.74, 6) is 6.26. The molecule has 108 valence electrons. The molecule has 2 nitrogen and oxygen atoms in total. The highest BCUT2D eigenvalue weighted by Crippen LogP contribution is 2.26. The number of hydrogen-bond donors (Lipinski definition) is 1. The number of rotatable bonds is 4. The number of benzene rings is 2. The Labute approximate surface area is 128 Å². The maximum Gasteiger partial charge on any atom is 0.128 e. The van der Waals surface area contributed by atoms with E-state index in [4.69, 9.17) is 9.84 Å². The molecule has 21 heavy (non-hydrogen) atoms. The molecule has 4 heteroatoms. The molecule has 0 heterocycles. The van der Waals surface area contributed by atoms with Gasteiger partial charge in [-0.3, -0.25) is 0 Å². The fraction of sp³-hybridized carbons (Fsp3) is 0.176. The number of thioether (sulfide) groups is 1. The predicted octanol–water partition coefficient (Wildman–Crippen LogP) is 3.47. The van der Waals surface area contributed by atoms with Crippen LogP contribution in [0.3, 0.4) is 0 Å². The smallest absolute Gasteiger partial charge is 0.128 e. The van der Waals surface area contributed by atoms with Crippen LogP contribution in [0.5, 0.6) is 5.75 Å². The Hall–Kier alpha value is -1.96. The van der Waals surface area contributed by atoms with E-state index in [0.717, 1.165) is 10.6 Å². The van der Waals surface area contributed by atoms with Gasteiger partial charge in [0.1, 0.15) is 18.2 Å². The van der Waals surface area contributed by atoms with Gasteiger partial charge in [0.15, 0.2) is 0 Å². The highest BCUT2D eigenvalue weighted by atomic mass is 32.2. The van der Waals surface area contributed by atoms with Crippen molar-refractivity contribution in [2.45, 2.75) is 10.6 Å². The molecule has 0 spiro atoms. The third-order valence-corrected chi connectivity index (χ3v) is 3.88. The van der Waals surface area contributed by atoms with Crippen molar-refractivity contribution in [3.05, 3.63) is 59.4 Å². The molecular weight excluding hydrogens is 287 g/mol. The predicted molar refractivity (Wildman–Crippen MR) is 82.9 cm³/mol. The molecule has 0 amide bonds. The van der Waals surface area contributed by atoms with Gasteiger partial charge in [0.05, 0.1) is 7.11 Å². The molecule has 0 aliphatic heterocycles. The summed E-state index contributed by atoms with van der Waals surface area (Å²) in [4.78, 5) is 1.05. The minimum Gasteiger partial charge on any atom is -0.497 e. The number of ether oxygens (including phenoxy) is 1. The fourth-order valence-electron chi connectivity index (χ4n) is 1.72. The summed E-state index contributed by atoms with van der Waals surface area (Å²) in [7, 11) is 1.62. The van der Waals surface area contributed by atoms with E-state index in [1.54, 1.807) is 31.0 Å². The number of hydrogen-bond acceptors (Lipinski definition) is 3. The van der Waals surface area contributed by atoms with E-state index < -0.39 is 0 Å². The standard InChI is InChI=1S/C17H15FO2S/c1-20-15-6-8-16(9-7-15)21-12-14-5-4-13(3-2-10-19)11-17(14)18/h4-9,11,19H,10,12H2,1H3. The van der Waals surface area contributed by atoms with E-state index in [2.05, 4.69) is 11.8 Å². The Morgan fingerprint density at radius 3 is 2.57 bits per heavy atom. The molecule has 2 aromatic rings. The molecule has 0 atom stereocenters. The molecule has 0 unspecified atom stereocenters. The first-order valence-electron chi connectivity index (χ1n) is 6.38. The van der Waals surface area contributed by atoms with Gasteiger partial charge in [0, 0.05) is 16.2 Å². The van der Waals surface area contributed by atoms with Crippen molar-refractivity contribution in [1.29, 1.82) is 0 Å². The van der Waals surface area contributed by atoms with Crippen LogP contribution in [0.1, 0.15) is 11.1 Å². The molecule has 1 N–H and O–H groups in total. The summed E-state index contributed by atoms with van der Waals surface area (Å²) in [6.07, 6.45) is 0. The normalized spacial score (nSPS) is 9.86. The molecule has 0 saturated carbocycles. The lowest BCUT2D eigenvalue weighted by molar-refractivity contribution is 0.350. The SMILES string of the molecule is COc1ccc(SCc2ccc(C#CCO)cc2F)cc1. The Morgan fingerprint density at radius 1 is 1.19 bits per heavy atom. The van der Waals surface area contributed by atoms with Gasteiger partial charge >= 0.3 is 0 Å².